The zero-order valence-electron chi connectivity index (χ0n) is 9.62. The summed E-state index contributed by atoms with van der Waals surface area (Å²) < 4.78 is 14.9. The molecule has 3 atom stereocenters. The van der Waals surface area contributed by atoms with E-state index in [1.165, 1.54) is 0 Å². The van der Waals surface area contributed by atoms with Gasteiger partial charge < -0.3 is 14.0 Å². The molecule has 0 spiro atoms. The summed E-state index contributed by atoms with van der Waals surface area (Å²) in [4.78, 5) is 11.7. The minimum Gasteiger partial charge on any atom is -0.343 e. The van der Waals surface area contributed by atoms with Crippen molar-refractivity contribution in [2.75, 3.05) is 6.61 Å². The Morgan fingerprint density at radius 2 is 2.29 bits per heavy atom. The summed E-state index contributed by atoms with van der Waals surface area (Å²) in [6, 6.07) is -0.145. The van der Waals surface area contributed by atoms with Crippen molar-refractivity contribution in [1.29, 1.82) is 0 Å². The molecule has 0 amide bonds. The SMILES string of the molecule is Cc1nn([C@H]2CC(=O)[C@H]3OC[C@@H]2O3)c(=S)n1C. The van der Waals surface area contributed by atoms with Gasteiger partial charge in [0, 0.05) is 13.5 Å². The van der Waals surface area contributed by atoms with Crippen molar-refractivity contribution in [3.8, 4) is 0 Å². The van der Waals surface area contributed by atoms with Crippen molar-refractivity contribution < 1.29 is 14.3 Å². The van der Waals surface area contributed by atoms with Gasteiger partial charge in [-0.2, -0.15) is 5.10 Å². The van der Waals surface area contributed by atoms with Gasteiger partial charge in [0.15, 0.2) is 10.6 Å². The van der Waals surface area contributed by atoms with Crippen molar-refractivity contribution in [3.05, 3.63) is 10.6 Å². The zero-order chi connectivity index (χ0) is 12.2. The lowest BCUT2D eigenvalue weighted by molar-refractivity contribution is -0.156. The summed E-state index contributed by atoms with van der Waals surface area (Å²) in [6.45, 7) is 2.31. The smallest absolute Gasteiger partial charge is 0.218 e. The summed E-state index contributed by atoms with van der Waals surface area (Å²) in [5.41, 5.74) is 0. The molecule has 1 aromatic rings. The van der Waals surface area contributed by atoms with Crippen molar-refractivity contribution in [1.82, 2.24) is 14.3 Å². The number of nitrogens with zero attached hydrogens (tertiary/aromatic N) is 3. The molecule has 17 heavy (non-hydrogen) atoms. The van der Waals surface area contributed by atoms with Gasteiger partial charge in [-0.1, -0.05) is 0 Å². The Balaban J connectivity index is 2.01. The molecular formula is C10H13N3O3S. The normalized spacial score (nSPS) is 32.1. The Bertz CT molecular complexity index is 535. The Kier molecular flexibility index (Phi) is 2.42. The van der Waals surface area contributed by atoms with E-state index in [0.29, 0.717) is 17.8 Å². The second kappa shape index (κ2) is 3.72. The Morgan fingerprint density at radius 3 is 2.94 bits per heavy atom. The molecule has 2 bridgehead atoms. The summed E-state index contributed by atoms with van der Waals surface area (Å²) in [5.74, 6) is 0.789. The van der Waals surface area contributed by atoms with Crippen LogP contribution in [0.2, 0.25) is 0 Å². The third-order valence-corrected chi connectivity index (χ3v) is 3.81. The van der Waals surface area contributed by atoms with Gasteiger partial charge in [0.2, 0.25) is 6.29 Å². The van der Waals surface area contributed by atoms with E-state index in [0.717, 1.165) is 5.82 Å². The quantitative estimate of drug-likeness (QED) is 0.685. The number of carbonyl (C=O) groups excluding carboxylic acids is 1. The maximum atomic E-state index is 11.7. The predicted molar refractivity (Wildman–Crippen MR) is 60.0 cm³/mol. The van der Waals surface area contributed by atoms with Crippen LogP contribution >= 0.6 is 12.2 Å². The van der Waals surface area contributed by atoms with Crippen LogP contribution in [0, 0.1) is 11.7 Å². The molecule has 0 radical (unpaired) electrons. The zero-order valence-corrected chi connectivity index (χ0v) is 10.4. The molecule has 92 valence electrons. The average Bonchev–Trinajstić information content (AvgIpc) is 2.84. The molecule has 2 aliphatic heterocycles. The number of aryl methyl sites for hydroxylation is 1. The predicted octanol–water partition coefficient (Wildman–Crippen LogP) is 0.515. The third-order valence-electron chi connectivity index (χ3n) is 3.35. The highest BCUT2D eigenvalue weighted by Crippen LogP contribution is 2.32. The van der Waals surface area contributed by atoms with Crippen LogP contribution in [0.15, 0.2) is 0 Å². The summed E-state index contributed by atoms with van der Waals surface area (Å²) in [6.07, 6.45) is -0.422. The van der Waals surface area contributed by atoms with Crippen molar-refractivity contribution in [2.24, 2.45) is 7.05 Å². The highest BCUT2D eigenvalue weighted by atomic mass is 32.1. The number of hydrogen-bond donors (Lipinski definition) is 0. The van der Waals surface area contributed by atoms with E-state index in [2.05, 4.69) is 5.10 Å². The summed E-state index contributed by atoms with van der Waals surface area (Å²) >= 11 is 5.30. The number of ketones is 1. The van der Waals surface area contributed by atoms with Crippen LogP contribution in [0.3, 0.4) is 0 Å². The van der Waals surface area contributed by atoms with Gasteiger partial charge in [-0.05, 0) is 19.1 Å². The van der Waals surface area contributed by atoms with Gasteiger partial charge in [-0.3, -0.25) is 4.79 Å². The van der Waals surface area contributed by atoms with E-state index in [4.69, 9.17) is 21.7 Å². The lowest BCUT2D eigenvalue weighted by Gasteiger charge is -2.26. The van der Waals surface area contributed by atoms with Crippen LogP contribution in [0.1, 0.15) is 18.3 Å². The largest absolute Gasteiger partial charge is 0.343 e. The molecule has 7 heteroatoms. The van der Waals surface area contributed by atoms with Gasteiger partial charge in [0.25, 0.3) is 0 Å². The number of carbonyl (C=O) groups is 1. The van der Waals surface area contributed by atoms with Gasteiger partial charge >= 0.3 is 0 Å². The fourth-order valence-corrected chi connectivity index (χ4v) is 2.55. The second-order valence-electron chi connectivity index (χ2n) is 4.41. The summed E-state index contributed by atoms with van der Waals surface area (Å²) in [7, 11) is 1.86. The molecule has 2 saturated heterocycles. The molecule has 3 heterocycles. The molecule has 0 unspecified atom stereocenters. The number of fused-ring (bicyclic) bond motifs is 2. The van der Waals surface area contributed by atoms with Crippen LogP contribution in [-0.4, -0.2) is 39.1 Å². The van der Waals surface area contributed by atoms with Crippen LogP contribution in [0.25, 0.3) is 0 Å². The highest BCUT2D eigenvalue weighted by molar-refractivity contribution is 7.71. The van der Waals surface area contributed by atoms with Crippen LogP contribution in [0.5, 0.6) is 0 Å². The molecule has 6 nitrogen and oxygen atoms in total. The highest BCUT2D eigenvalue weighted by Gasteiger charge is 2.44. The first-order valence-electron chi connectivity index (χ1n) is 5.50. The lowest BCUT2D eigenvalue weighted by Crippen LogP contribution is -2.37. The first-order chi connectivity index (χ1) is 8.08. The number of aromatic nitrogens is 3. The number of hydrogen-bond acceptors (Lipinski definition) is 5. The second-order valence-corrected chi connectivity index (χ2v) is 4.78. The monoisotopic (exact) mass is 255 g/mol. The molecule has 3 rings (SSSR count). The van der Waals surface area contributed by atoms with Gasteiger partial charge in [0.05, 0.1) is 12.6 Å². The minimum atomic E-state index is -0.671. The molecule has 0 aromatic carbocycles. The van der Waals surface area contributed by atoms with E-state index in [1.54, 1.807) is 4.68 Å². The van der Waals surface area contributed by atoms with Crippen molar-refractivity contribution in [2.45, 2.75) is 31.8 Å². The molecule has 1 aromatic heterocycles. The first kappa shape index (κ1) is 11.1. The maximum Gasteiger partial charge on any atom is 0.218 e. The summed E-state index contributed by atoms with van der Waals surface area (Å²) in [5, 5.41) is 4.37. The van der Waals surface area contributed by atoms with Gasteiger partial charge in [0.1, 0.15) is 11.9 Å². The minimum absolute atomic E-state index is 0.0334. The number of ether oxygens (including phenoxy) is 2. The average molecular weight is 255 g/mol. The fourth-order valence-electron chi connectivity index (χ4n) is 2.24. The third kappa shape index (κ3) is 1.57. The molecule has 0 N–H and O–H groups in total. The Labute approximate surface area is 103 Å². The molecular weight excluding hydrogens is 242 g/mol. The van der Waals surface area contributed by atoms with E-state index in [9.17, 15) is 4.79 Å². The molecule has 2 fully saturated rings. The van der Waals surface area contributed by atoms with E-state index < -0.39 is 6.29 Å². The van der Waals surface area contributed by atoms with Gasteiger partial charge in [-0.25, -0.2) is 4.68 Å². The van der Waals surface area contributed by atoms with Crippen LogP contribution < -0.4 is 0 Å². The fraction of sp³-hybridized carbons (Fsp3) is 0.700. The van der Waals surface area contributed by atoms with Crippen molar-refractivity contribution >= 4 is 18.0 Å². The number of rotatable bonds is 1. The van der Waals surface area contributed by atoms with Crippen molar-refractivity contribution in [3.63, 3.8) is 0 Å². The standard InChI is InChI=1S/C10H13N3O3S/c1-5-11-13(10(17)12(5)2)6-3-7(14)9-15-4-8(6)16-9/h6,8-9H,3-4H2,1-2H3/t6-,8-,9-/m0/s1. The van der Waals surface area contributed by atoms with E-state index >= 15 is 0 Å². The molecule has 0 aliphatic carbocycles. The molecule has 0 saturated carbocycles. The Morgan fingerprint density at radius 1 is 1.53 bits per heavy atom. The van der Waals surface area contributed by atoms with Crippen LogP contribution in [0.4, 0.5) is 0 Å². The van der Waals surface area contributed by atoms with E-state index in [1.807, 2.05) is 18.5 Å². The van der Waals surface area contributed by atoms with Crippen LogP contribution in [-0.2, 0) is 21.3 Å². The first-order valence-corrected chi connectivity index (χ1v) is 5.90. The topological polar surface area (TPSA) is 58.3 Å². The lowest BCUT2D eigenvalue weighted by atomic mass is 10.0. The maximum absolute atomic E-state index is 11.7. The van der Waals surface area contributed by atoms with E-state index in [-0.39, 0.29) is 17.9 Å². The Hall–Kier alpha value is -1.05. The number of Topliss-reactive ketones (excluding diaryl/α,β-unsaturated/α-hetero) is 1. The van der Waals surface area contributed by atoms with Gasteiger partial charge in [-0.15, -0.1) is 0 Å². The molecule has 2 aliphatic rings.